The molecule has 0 spiro atoms. The van der Waals surface area contributed by atoms with Crippen molar-refractivity contribution in [1.29, 1.82) is 0 Å². The SMILES string of the molecule is CCCCOc1cccc(C2=C(N(C)C)OC(Br)C2=O)c1. The van der Waals surface area contributed by atoms with Crippen LogP contribution in [0.3, 0.4) is 0 Å². The van der Waals surface area contributed by atoms with Crippen LogP contribution in [0.5, 0.6) is 5.75 Å². The zero-order valence-electron chi connectivity index (χ0n) is 12.6. The van der Waals surface area contributed by atoms with Crippen molar-refractivity contribution in [3.05, 3.63) is 35.7 Å². The number of benzene rings is 1. The minimum absolute atomic E-state index is 0.0654. The van der Waals surface area contributed by atoms with Gasteiger partial charge in [0.1, 0.15) is 5.75 Å². The van der Waals surface area contributed by atoms with E-state index in [1.807, 2.05) is 38.4 Å². The molecule has 1 atom stereocenters. The van der Waals surface area contributed by atoms with Gasteiger partial charge in [0.05, 0.1) is 12.2 Å². The van der Waals surface area contributed by atoms with Crippen molar-refractivity contribution in [3.63, 3.8) is 0 Å². The van der Waals surface area contributed by atoms with E-state index in [0.717, 1.165) is 24.2 Å². The molecule has 1 aliphatic rings. The van der Waals surface area contributed by atoms with Crippen LogP contribution in [-0.4, -0.2) is 36.4 Å². The second-order valence-corrected chi connectivity index (χ2v) is 5.93. The molecular weight excluding hydrogens is 334 g/mol. The number of ketones is 1. The van der Waals surface area contributed by atoms with E-state index in [4.69, 9.17) is 9.47 Å². The fraction of sp³-hybridized carbons (Fsp3) is 0.438. The third-order valence-corrected chi connectivity index (χ3v) is 3.78. The van der Waals surface area contributed by atoms with Crippen LogP contribution in [0.25, 0.3) is 5.57 Å². The quantitative estimate of drug-likeness (QED) is 0.580. The Morgan fingerprint density at radius 3 is 2.81 bits per heavy atom. The van der Waals surface area contributed by atoms with E-state index in [-0.39, 0.29) is 5.78 Å². The van der Waals surface area contributed by atoms with Gasteiger partial charge >= 0.3 is 0 Å². The second kappa shape index (κ2) is 6.98. The fourth-order valence-electron chi connectivity index (χ4n) is 2.10. The number of halogens is 1. The maximum atomic E-state index is 12.3. The van der Waals surface area contributed by atoms with E-state index < -0.39 is 5.01 Å². The lowest BCUT2D eigenvalue weighted by Gasteiger charge is -2.15. The molecule has 114 valence electrons. The van der Waals surface area contributed by atoms with Crippen molar-refractivity contribution in [2.75, 3.05) is 20.7 Å². The second-order valence-electron chi connectivity index (χ2n) is 5.10. The normalized spacial score (nSPS) is 17.9. The molecule has 0 aromatic heterocycles. The van der Waals surface area contributed by atoms with Gasteiger partial charge in [-0.15, -0.1) is 0 Å². The van der Waals surface area contributed by atoms with Gasteiger partial charge in [-0.2, -0.15) is 0 Å². The number of unbranched alkanes of at least 4 members (excludes halogenated alkanes) is 1. The molecular formula is C16H20BrNO3. The standard InChI is InChI=1S/C16H20BrNO3/c1-4-5-9-20-12-8-6-7-11(10-12)13-14(19)15(17)21-16(13)18(2)3/h6-8,10,15H,4-5,9H2,1-3H3. The summed E-state index contributed by atoms with van der Waals surface area (Å²) >= 11 is 3.25. The summed E-state index contributed by atoms with van der Waals surface area (Å²) in [6.45, 7) is 2.81. The maximum absolute atomic E-state index is 12.3. The monoisotopic (exact) mass is 353 g/mol. The van der Waals surface area contributed by atoms with Gasteiger partial charge < -0.3 is 14.4 Å². The van der Waals surface area contributed by atoms with E-state index in [1.54, 1.807) is 4.90 Å². The molecule has 0 saturated heterocycles. The number of hydrogen-bond donors (Lipinski definition) is 0. The molecule has 2 rings (SSSR count). The molecule has 0 amide bonds. The molecule has 1 aliphatic heterocycles. The highest BCUT2D eigenvalue weighted by atomic mass is 79.9. The van der Waals surface area contributed by atoms with Crippen LogP contribution in [0.15, 0.2) is 30.1 Å². The minimum atomic E-state index is -0.616. The first-order chi connectivity index (χ1) is 10.0. The predicted molar refractivity (Wildman–Crippen MR) is 86.3 cm³/mol. The number of hydrogen-bond acceptors (Lipinski definition) is 4. The molecule has 0 aliphatic carbocycles. The predicted octanol–water partition coefficient (Wildman–Crippen LogP) is 3.42. The van der Waals surface area contributed by atoms with E-state index in [2.05, 4.69) is 22.9 Å². The topological polar surface area (TPSA) is 38.8 Å². The van der Waals surface area contributed by atoms with Crippen LogP contribution in [0, 0.1) is 0 Å². The highest BCUT2D eigenvalue weighted by Crippen LogP contribution is 2.34. The third-order valence-electron chi connectivity index (χ3n) is 3.18. The molecule has 0 saturated carbocycles. The number of carbonyl (C=O) groups is 1. The first-order valence-corrected chi connectivity index (χ1v) is 7.96. The van der Waals surface area contributed by atoms with Gasteiger partial charge in [0.15, 0.2) is 0 Å². The Hall–Kier alpha value is -1.49. The highest BCUT2D eigenvalue weighted by molar-refractivity contribution is 9.09. The lowest BCUT2D eigenvalue weighted by molar-refractivity contribution is -0.116. The molecule has 1 unspecified atom stereocenters. The average Bonchev–Trinajstić information content (AvgIpc) is 2.76. The zero-order valence-corrected chi connectivity index (χ0v) is 14.1. The lowest BCUT2D eigenvalue weighted by atomic mass is 10.0. The summed E-state index contributed by atoms with van der Waals surface area (Å²) in [6.07, 6.45) is 2.11. The summed E-state index contributed by atoms with van der Waals surface area (Å²) in [7, 11) is 3.71. The van der Waals surface area contributed by atoms with Gasteiger partial charge in [0.2, 0.25) is 16.7 Å². The first-order valence-electron chi connectivity index (χ1n) is 7.04. The van der Waals surface area contributed by atoms with Gasteiger partial charge in [-0.25, -0.2) is 0 Å². The summed E-state index contributed by atoms with van der Waals surface area (Å²) in [4.78, 5) is 14.1. The molecule has 1 aromatic carbocycles. The van der Waals surface area contributed by atoms with E-state index in [9.17, 15) is 4.79 Å². The number of ether oxygens (including phenoxy) is 2. The van der Waals surface area contributed by atoms with Gasteiger partial charge in [-0.3, -0.25) is 4.79 Å². The molecule has 21 heavy (non-hydrogen) atoms. The Bertz CT molecular complexity index is 554. The van der Waals surface area contributed by atoms with Crippen molar-refractivity contribution in [1.82, 2.24) is 4.90 Å². The summed E-state index contributed by atoms with van der Waals surface area (Å²) in [5, 5.41) is -0.616. The Morgan fingerprint density at radius 1 is 1.38 bits per heavy atom. The number of nitrogens with zero attached hydrogens (tertiary/aromatic N) is 1. The third kappa shape index (κ3) is 3.59. The van der Waals surface area contributed by atoms with E-state index in [1.165, 1.54) is 0 Å². The molecule has 1 aromatic rings. The Morgan fingerprint density at radius 2 is 2.14 bits per heavy atom. The molecule has 0 N–H and O–H groups in total. The smallest absolute Gasteiger partial charge is 0.220 e. The van der Waals surface area contributed by atoms with Gasteiger partial charge in [0, 0.05) is 14.1 Å². The van der Waals surface area contributed by atoms with Crippen LogP contribution >= 0.6 is 15.9 Å². The van der Waals surface area contributed by atoms with Crippen LogP contribution in [0.1, 0.15) is 25.3 Å². The fourth-order valence-corrected chi connectivity index (χ4v) is 2.51. The number of carbonyl (C=O) groups excluding carboxylic acids is 1. The summed E-state index contributed by atoms with van der Waals surface area (Å²) in [5.74, 6) is 1.29. The molecule has 1 heterocycles. The summed E-state index contributed by atoms with van der Waals surface area (Å²) < 4.78 is 11.3. The van der Waals surface area contributed by atoms with Gasteiger partial charge in [-0.05, 0) is 40.0 Å². The van der Waals surface area contributed by atoms with E-state index >= 15 is 0 Å². The summed E-state index contributed by atoms with van der Waals surface area (Å²) in [6, 6.07) is 7.59. The van der Waals surface area contributed by atoms with Crippen molar-refractivity contribution < 1.29 is 14.3 Å². The van der Waals surface area contributed by atoms with Crippen LogP contribution in [-0.2, 0) is 9.53 Å². The van der Waals surface area contributed by atoms with Gasteiger partial charge in [-0.1, -0.05) is 25.5 Å². The van der Waals surface area contributed by atoms with Crippen LogP contribution in [0.4, 0.5) is 0 Å². The first kappa shape index (κ1) is 15.9. The minimum Gasteiger partial charge on any atom is -0.494 e. The van der Waals surface area contributed by atoms with Gasteiger partial charge in [0.25, 0.3) is 0 Å². The number of rotatable bonds is 6. The largest absolute Gasteiger partial charge is 0.494 e. The highest BCUT2D eigenvalue weighted by Gasteiger charge is 2.35. The average molecular weight is 354 g/mol. The molecule has 4 nitrogen and oxygen atoms in total. The van der Waals surface area contributed by atoms with Crippen molar-refractivity contribution in [2.45, 2.75) is 24.8 Å². The number of Topliss-reactive ketones (excluding diaryl/α,β-unsaturated/α-hetero) is 1. The Kier molecular flexibility index (Phi) is 5.28. The van der Waals surface area contributed by atoms with Crippen molar-refractivity contribution in [3.8, 4) is 5.75 Å². The molecule has 0 radical (unpaired) electrons. The van der Waals surface area contributed by atoms with Crippen molar-refractivity contribution in [2.24, 2.45) is 0 Å². The van der Waals surface area contributed by atoms with Crippen molar-refractivity contribution >= 4 is 27.3 Å². The summed E-state index contributed by atoms with van der Waals surface area (Å²) in [5.41, 5.74) is 1.41. The molecule has 5 heteroatoms. The number of alkyl halides is 1. The van der Waals surface area contributed by atoms with Crippen LogP contribution in [0.2, 0.25) is 0 Å². The maximum Gasteiger partial charge on any atom is 0.220 e. The Labute approximate surface area is 133 Å². The Balaban J connectivity index is 2.29. The van der Waals surface area contributed by atoms with Crippen LogP contribution < -0.4 is 4.74 Å². The van der Waals surface area contributed by atoms with E-state index in [0.29, 0.717) is 18.1 Å². The lowest BCUT2D eigenvalue weighted by Crippen LogP contribution is -2.13. The molecule has 0 fully saturated rings. The zero-order chi connectivity index (χ0) is 15.4. The molecule has 0 bridgehead atoms.